The number of carbonyl (C=O) groups is 2. The van der Waals surface area contributed by atoms with Crippen LogP contribution in [0.1, 0.15) is 25.8 Å². The van der Waals surface area contributed by atoms with Gasteiger partial charge in [0.25, 0.3) is 0 Å². The van der Waals surface area contributed by atoms with Gasteiger partial charge in [0.05, 0.1) is 0 Å². The van der Waals surface area contributed by atoms with Gasteiger partial charge >= 0.3 is 0 Å². The molecule has 140 valence electrons. The van der Waals surface area contributed by atoms with Gasteiger partial charge in [-0.1, -0.05) is 32.0 Å². The molecule has 1 aromatic heterocycles. The second-order valence-electron chi connectivity index (χ2n) is 7.07. The van der Waals surface area contributed by atoms with E-state index in [-0.39, 0.29) is 17.7 Å². The minimum absolute atomic E-state index is 0.0341. The minimum atomic E-state index is -0.521. The Labute approximate surface area is 158 Å². The van der Waals surface area contributed by atoms with Crippen molar-refractivity contribution in [1.29, 1.82) is 0 Å². The molecule has 2 amide bonds. The maximum atomic E-state index is 13.2. The molecule has 1 atom stereocenters. The molecule has 0 aliphatic carbocycles. The van der Waals surface area contributed by atoms with Crippen LogP contribution in [-0.4, -0.2) is 52.3 Å². The molecule has 6 heteroatoms. The van der Waals surface area contributed by atoms with E-state index in [1.165, 1.54) is 0 Å². The molecule has 2 aromatic rings. The number of hydrogen-bond donors (Lipinski definition) is 2. The smallest absolute Gasteiger partial charge is 0.245 e. The molecule has 26 heavy (non-hydrogen) atoms. The van der Waals surface area contributed by atoms with Crippen LogP contribution < -0.4 is 5.32 Å². The van der Waals surface area contributed by atoms with Gasteiger partial charge in [0.15, 0.2) is 0 Å². The number of thioether (sulfide) groups is 1. The summed E-state index contributed by atoms with van der Waals surface area (Å²) in [7, 11) is 0. The summed E-state index contributed by atoms with van der Waals surface area (Å²) in [4.78, 5) is 30.6. The number of amides is 2. The number of para-hydroxylation sites is 1. The molecule has 1 fully saturated rings. The first-order valence-corrected chi connectivity index (χ1v) is 10.4. The summed E-state index contributed by atoms with van der Waals surface area (Å²) in [5.74, 6) is 1.87. The van der Waals surface area contributed by atoms with Crippen molar-refractivity contribution in [2.24, 2.45) is 5.92 Å². The van der Waals surface area contributed by atoms with Crippen molar-refractivity contribution < 1.29 is 9.59 Å². The summed E-state index contributed by atoms with van der Waals surface area (Å²) in [6.07, 6.45) is 3.46. The lowest BCUT2D eigenvalue weighted by atomic mass is 10.0. The van der Waals surface area contributed by atoms with Crippen LogP contribution in [-0.2, 0) is 16.0 Å². The van der Waals surface area contributed by atoms with E-state index >= 15 is 0 Å². The summed E-state index contributed by atoms with van der Waals surface area (Å²) in [6.45, 7) is 5.23. The van der Waals surface area contributed by atoms with Gasteiger partial charge in [0, 0.05) is 48.3 Å². The highest BCUT2D eigenvalue weighted by Gasteiger charge is 2.28. The van der Waals surface area contributed by atoms with Gasteiger partial charge < -0.3 is 15.2 Å². The van der Waals surface area contributed by atoms with Crippen LogP contribution in [0.15, 0.2) is 30.5 Å². The first-order valence-electron chi connectivity index (χ1n) is 9.28. The van der Waals surface area contributed by atoms with Gasteiger partial charge in [0.2, 0.25) is 11.8 Å². The summed E-state index contributed by atoms with van der Waals surface area (Å²) < 4.78 is 0. The largest absolute Gasteiger partial charge is 0.361 e. The first-order chi connectivity index (χ1) is 12.6. The number of nitrogens with zero attached hydrogens (tertiary/aromatic N) is 1. The molecular formula is C20H27N3O2S. The van der Waals surface area contributed by atoms with Gasteiger partial charge in [0.1, 0.15) is 6.04 Å². The number of carbonyl (C=O) groups excluding carboxylic acids is 2. The molecule has 1 saturated heterocycles. The normalized spacial score (nSPS) is 16.5. The Hall–Kier alpha value is -1.95. The molecule has 0 radical (unpaired) electrons. The number of benzene rings is 1. The van der Waals surface area contributed by atoms with Gasteiger partial charge in [-0.05, 0) is 23.8 Å². The van der Waals surface area contributed by atoms with E-state index in [2.05, 4.69) is 16.4 Å². The van der Waals surface area contributed by atoms with Crippen molar-refractivity contribution in [1.82, 2.24) is 15.2 Å². The summed E-state index contributed by atoms with van der Waals surface area (Å²) >= 11 is 1.89. The first kappa shape index (κ1) is 18.8. The zero-order valence-electron chi connectivity index (χ0n) is 15.5. The van der Waals surface area contributed by atoms with Gasteiger partial charge in [-0.3, -0.25) is 9.59 Å². The van der Waals surface area contributed by atoms with Crippen molar-refractivity contribution in [3.05, 3.63) is 36.0 Å². The Morgan fingerprint density at radius 1 is 1.23 bits per heavy atom. The molecule has 0 spiro atoms. The number of fused-ring (bicyclic) bond motifs is 1. The Kier molecular flexibility index (Phi) is 6.25. The van der Waals surface area contributed by atoms with Crippen molar-refractivity contribution in [2.75, 3.05) is 24.6 Å². The standard InChI is InChI=1S/C20H27N3O2S/c1-14(2)19(24)22-18(20(25)23-8-5-10-26-11-9-23)12-15-13-21-17-7-4-3-6-16(15)17/h3-4,6-7,13-14,18,21H,5,8-12H2,1-2H3,(H,22,24)/t18-/m1/s1. The highest BCUT2D eigenvalue weighted by atomic mass is 32.2. The SMILES string of the molecule is CC(C)C(=O)N[C@H](Cc1c[nH]c2ccccc12)C(=O)N1CCCSCC1. The molecule has 0 unspecified atom stereocenters. The van der Waals surface area contributed by atoms with Crippen LogP contribution in [0.5, 0.6) is 0 Å². The van der Waals surface area contributed by atoms with E-state index in [4.69, 9.17) is 0 Å². The monoisotopic (exact) mass is 373 g/mol. The van der Waals surface area contributed by atoms with Gasteiger partial charge in [-0.15, -0.1) is 0 Å². The van der Waals surface area contributed by atoms with E-state index in [1.54, 1.807) is 0 Å². The number of aromatic nitrogens is 1. The Bertz CT molecular complexity index is 763. The quantitative estimate of drug-likeness (QED) is 0.847. The molecule has 0 saturated carbocycles. The predicted octanol–water partition coefficient (Wildman–Crippen LogP) is 2.82. The molecule has 1 aromatic carbocycles. The minimum Gasteiger partial charge on any atom is -0.361 e. The second kappa shape index (κ2) is 8.62. The van der Waals surface area contributed by atoms with Crippen LogP contribution in [0.25, 0.3) is 10.9 Å². The van der Waals surface area contributed by atoms with Crippen LogP contribution >= 0.6 is 11.8 Å². The summed E-state index contributed by atoms with van der Waals surface area (Å²) in [6, 6.07) is 7.53. The van der Waals surface area contributed by atoms with Crippen molar-refractivity contribution >= 4 is 34.5 Å². The zero-order valence-corrected chi connectivity index (χ0v) is 16.3. The van der Waals surface area contributed by atoms with E-state index < -0.39 is 6.04 Å². The fraction of sp³-hybridized carbons (Fsp3) is 0.500. The summed E-state index contributed by atoms with van der Waals surface area (Å²) in [5, 5.41) is 4.09. The molecule has 1 aliphatic rings. The second-order valence-corrected chi connectivity index (χ2v) is 8.30. The lowest BCUT2D eigenvalue weighted by molar-refractivity contribution is -0.137. The van der Waals surface area contributed by atoms with Crippen molar-refractivity contribution in [3.8, 4) is 0 Å². The molecule has 5 nitrogen and oxygen atoms in total. The van der Waals surface area contributed by atoms with Gasteiger partial charge in [-0.25, -0.2) is 0 Å². The molecule has 3 rings (SSSR count). The van der Waals surface area contributed by atoms with E-state index in [0.29, 0.717) is 6.42 Å². The maximum absolute atomic E-state index is 13.2. The number of aromatic amines is 1. The lowest BCUT2D eigenvalue weighted by Crippen LogP contribution is -2.51. The van der Waals surface area contributed by atoms with E-state index in [0.717, 1.165) is 47.5 Å². The van der Waals surface area contributed by atoms with E-state index in [1.807, 2.05) is 54.9 Å². The topological polar surface area (TPSA) is 65.2 Å². The average Bonchev–Trinajstić information content (AvgIpc) is 2.85. The van der Waals surface area contributed by atoms with Crippen LogP contribution in [0, 0.1) is 5.92 Å². The Balaban J connectivity index is 1.82. The third kappa shape index (κ3) is 4.41. The predicted molar refractivity (Wildman–Crippen MR) is 107 cm³/mol. The van der Waals surface area contributed by atoms with Crippen LogP contribution in [0.4, 0.5) is 0 Å². The summed E-state index contributed by atoms with van der Waals surface area (Å²) in [5.41, 5.74) is 2.11. The maximum Gasteiger partial charge on any atom is 0.245 e. The zero-order chi connectivity index (χ0) is 18.5. The number of H-pyrrole nitrogens is 1. The fourth-order valence-electron chi connectivity index (χ4n) is 3.25. The molecule has 2 heterocycles. The fourth-order valence-corrected chi connectivity index (χ4v) is 4.13. The van der Waals surface area contributed by atoms with Gasteiger partial charge in [-0.2, -0.15) is 11.8 Å². The van der Waals surface area contributed by atoms with Crippen molar-refractivity contribution in [3.63, 3.8) is 0 Å². The number of rotatable bonds is 5. The number of nitrogens with one attached hydrogen (secondary N) is 2. The average molecular weight is 374 g/mol. The molecule has 1 aliphatic heterocycles. The molecule has 0 bridgehead atoms. The highest BCUT2D eigenvalue weighted by molar-refractivity contribution is 7.99. The lowest BCUT2D eigenvalue weighted by Gasteiger charge is -2.27. The third-order valence-corrected chi connectivity index (χ3v) is 5.82. The van der Waals surface area contributed by atoms with Crippen LogP contribution in [0.3, 0.4) is 0 Å². The van der Waals surface area contributed by atoms with Crippen molar-refractivity contribution in [2.45, 2.75) is 32.7 Å². The number of hydrogen-bond acceptors (Lipinski definition) is 3. The highest BCUT2D eigenvalue weighted by Crippen LogP contribution is 2.20. The molecule has 2 N–H and O–H groups in total. The Morgan fingerprint density at radius 3 is 2.85 bits per heavy atom. The Morgan fingerprint density at radius 2 is 2.04 bits per heavy atom. The molecular weight excluding hydrogens is 346 g/mol. The van der Waals surface area contributed by atoms with E-state index in [9.17, 15) is 9.59 Å². The third-order valence-electron chi connectivity index (χ3n) is 4.77. The van der Waals surface area contributed by atoms with Crippen LogP contribution in [0.2, 0.25) is 0 Å².